The molecule has 0 amide bonds. The molecule has 14 heavy (non-hydrogen) atoms. The number of aryl methyl sites for hydroxylation is 1. The van der Waals surface area contributed by atoms with E-state index in [4.69, 9.17) is 11.6 Å². The van der Waals surface area contributed by atoms with Crippen molar-refractivity contribution in [2.45, 2.75) is 6.42 Å². The van der Waals surface area contributed by atoms with Crippen LogP contribution in [0.25, 0.3) is 0 Å². The van der Waals surface area contributed by atoms with Crippen LogP contribution in [0, 0.1) is 0 Å². The fourth-order valence-electron chi connectivity index (χ4n) is 1.20. The molecule has 0 fully saturated rings. The van der Waals surface area contributed by atoms with Crippen molar-refractivity contribution in [2.24, 2.45) is 7.05 Å². The molecular weight excluding hydrogens is 200 g/mol. The van der Waals surface area contributed by atoms with Gasteiger partial charge in [-0.2, -0.15) is 0 Å². The highest BCUT2D eigenvalue weighted by Gasteiger charge is 2.02. The fraction of sp³-hybridized carbons (Fsp3) is 0.222. The summed E-state index contributed by atoms with van der Waals surface area (Å²) in [5.74, 6) is 0.958. The van der Waals surface area contributed by atoms with Gasteiger partial charge in [0, 0.05) is 32.1 Å². The van der Waals surface area contributed by atoms with E-state index in [-0.39, 0.29) is 5.28 Å². The Kier molecular flexibility index (Phi) is 2.45. The van der Waals surface area contributed by atoms with E-state index in [2.05, 4.69) is 15.0 Å². The molecule has 0 spiro atoms. The molecular formula is C9H9ClN4. The Morgan fingerprint density at radius 3 is 2.86 bits per heavy atom. The molecule has 72 valence electrons. The van der Waals surface area contributed by atoms with Gasteiger partial charge in [0.25, 0.3) is 0 Å². The second-order valence-electron chi connectivity index (χ2n) is 2.95. The number of nitrogens with zero attached hydrogens (tertiary/aromatic N) is 4. The number of hydrogen-bond donors (Lipinski definition) is 0. The van der Waals surface area contributed by atoms with Crippen molar-refractivity contribution in [2.75, 3.05) is 0 Å². The summed E-state index contributed by atoms with van der Waals surface area (Å²) in [6, 6.07) is 1.83. The van der Waals surface area contributed by atoms with Crippen LogP contribution in [0.5, 0.6) is 0 Å². The summed E-state index contributed by atoms with van der Waals surface area (Å²) in [6.07, 6.45) is 5.98. The van der Waals surface area contributed by atoms with Gasteiger partial charge in [-0.1, -0.05) is 0 Å². The molecule has 0 unspecified atom stereocenters. The molecule has 2 aromatic rings. The molecule has 0 aromatic carbocycles. The summed E-state index contributed by atoms with van der Waals surface area (Å²) in [5.41, 5.74) is 0.874. The van der Waals surface area contributed by atoms with E-state index in [1.54, 1.807) is 12.4 Å². The topological polar surface area (TPSA) is 43.6 Å². The average Bonchev–Trinajstić information content (AvgIpc) is 2.52. The van der Waals surface area contributed by atoms with E-state index >= 15 is 0 Å². The summed E-state index contributed by atoms with van der Waals surface area (Å²) in [7, 11) is 1.95. The monoisotopic (exact) mass is 208 g/mol. The van der Waals surface area contributed by atoms with E-state index in [1.165, 1.54) is 0 Å². The van der Waals surface area contributed by atoms with Crippen molar-refractivity contribution in [3.63, 3.8) is 0 Å². The lowest BCUT2D eigenvalue weighted by molar-refractivity contribution is 0.809. The van der Waals surface area contributed by atoms with Gasteiger partial charge in [0.2, 0.25) is 5.28 Å². The third-order valence-electron chi connectivity index (χ3n) is 1.94. The maximum atomic E-state index is 5.68. The maximum absolute atomic E-state index is 5.68. The third-order valence-corrected chi connectivity index (χ3v) is 2.13. The smallest absolute Gasteiger partial charge is 0.222 e. The minimum atomic E-state index is 0.275. The zero-order chi connectivity index (χ0) is 9.97. The molecule has 0 aliphatic rings. The molecule has 5 heteroatoms. The Bertz CT molecular complexity index is 438. The molecule has 0 N–H and O–H groups in total. The van der Waals surface area contributed by atoms with E-state index in [0.29, 0.717) is 6.42 Å². The minimum Gasteiger partial charge on any atom is -0.338 e. The summed E-state index contributed by atoms with van der Waals surface area (Å²) < 4.78 is 1.95. The normalized spacial score (nSPS) is 10.4. The largest absolute Gasteiger partial charge is 0.338 e. The Labute approximate surface area is 86.6 Å². The lowest BCUT2D eigenvalue weighted by atomic mass is 10.3. The van der Waals surface area contributed by atoms with Gasteiger partial charge in [0.15, 0.2) is 0 Å². The first-order valence-electron chi connectivity index (χ1n) is 4.19. The summed E-state index contributed by atoms with van der Waals surface area (Å²) >= 11 is 5.68. The Balaban J connectivity index is 2.23. The van der Waals surface area contributed by atoms with Crippen molar-refractivity contribution < 1.29 is 0 Å². The molecule has 2 aromatic heterocycles. The fourth-order valence-corrected chi connectivity index (χ4v) is 1.36. The van der Waals surface area contributed by atoms with Crippen LogP contribution in [-0.2, 0) is 13.5 Å². The maximum Gasteiger partial charge on any atom is 0.222 e. The SMILES string of the molecule is Cn1ccnc1Cc1ccnc(Cl)n1. The van der Waals surface area contributed by atoms with Gasteiger partial charge in [0.05, 0.1) is 5.69 Å². The predicted octanol–water partition coefficient (Wildman–Crippen LogP) is 1.45. The summed E-state index contributed by atoms with van der Waals surface area (Å²) in [4.78, 5) is 12.1. The van der Waals surface area contributed by atoms with Gasteiger partial charge in [-0.05, 0) is 17.7 Å². The molecule has 0 bridgehead atoms. The quantitative estimate of drug-likeness (QED) is 0.702. The Morgan fingerprint density at radius 1 is 1.36 bits per heavy atom. The summed E-state index contributed by atoms with van der Waals surface area (Å²) in [6.45, 7) is 0. The number of imidazole rings is 1. The van der Waals surface area contributed by atoms with E-state index in [0.717, 1.165) is 11.5 Å². The van der Waals surface area contributed by atoms with Crippen LogP contribution in [0.1, 0.15) is 11.5 Å². The molecule has 4 nitrogen and oxygen atoms in total. The first kappa shape index (κ1) is 9.15. The first-order chi connectivity index (χ1) is 6.75. The van der Waals surface area contributed by atoms with Gasteiger partial charge >= 0.3 is 0 Å². The first-order valence-corrected chi connectivity index (χ1v) is 4.57. The van der Waals surface area contributed by atoms with Gasteiger partial charge in [0.1, 0.15) is 5.82 Å². The third kappa shape index (κ3) is 1.90. The van der Waals surface area contributed by atoms with Gasteiger partial charge in [-0.15, -0.1) is 0 Å². The molecule has 0 radical (unpaired) electrons. The van der Waals surface area contributed by atoms with Crippen LogP contribution in [0.3, 0.4) is 0 Å². The van der Waals surface area contributed by atoms with Gasteiger partial charge < -0.3 is 4.57 Å². The predicted molar refractivity (Wildman–Crippen MR) is 53.1 cm³/mol. The van der Waals surface area contributed by atoms with Crippen molar-refractivity contribution in [1.82, 2.24) is 19.5 Å². The van der Waals surface area contributed by atoms with Crippen LogP contribution in [0.2, 0.25) is 5.28 Å². The molecule has 2 rings (SSSR count). The minimum absolute atomic E-state index is 0.275. The standard InChI is InChI=1S/C9H9ClN4/c1-14-5-4-11-8(14)6-7-2-3-12-9(10)13-7/h2-5H,6H2,1H3. The zero-order valence-electron chi connectivity index (χ0n) is 7.68. The Hall–Kier alpha value is -1.42. The molecule has 0 atom stereocenters. The van der Waals surface area contributed by atoms with Crippen molar-refractivity contribution in [3.8, 4) is 0 Å². The van der Waals surface area contributed by atoms with E-state index < -0.39 is 0 Å². The molecule has 2 heterocycles. The number of hydrogen-bond acceptors (Lipinski definition) is 3. The zero-order valence-corrected chi connectivity index (χ0v) is 8.44. The van der Waals surface area contributed by atoms with Crippen molar-refractivity contribution in [3.05, 3.63) is 41.5 Å². The molecule has 0 saturated heterocycles. The van der Waals surface area contributed by atoms with Crippen LogP contribution in [0.15, 0.2) is 24.7 Å². The highest BCUT2D eigenvalue weighted by Crippen LogP contribution is 2.06. The van der Waals surface area contributed by atoms with Gasteiger partial charge in [-0.3, -0.25) is 0 Å². The molecule has 0 aliphatic heterocycles. The lowest BCUT2D eigenvalue weighted by Gasteiger charge is -2.00. The van der Waals surface area contributed by atoms with Gasteiger partial charge in [-0.25, -0.2) is 15.0 Å². The van der Waals surface area contributed by atoms with Crippen LogP contribution in [-0.4, -0.2) is 19.5 Å². The Morgan fingerprint density at radius 2 is 2.21 bits per heavy atom. The van der Waals surface area contributed by atoms with Crippen LogP contribution in [0.4, 0.5) is 0 Å². The van der Waals surface area contributed by atoms with Crippen LogP contribution < -0.4 is 0 Å². The van der Waals surface area contributed by atoms with E-state index in [9.17, 15) is 0 Å². The highest BCUT2D eigenvalue weighted by molar-refractivity contribution is 6.28. The average molecular weight is 209 g/mol. The highest BCUT2D eigenvalue weighted by atomic mass is 35.5. The molecule has 0 saturated carbocycles. The number of rotatable bonds is 2. The number of halogens is 1. The molecule has 0 aliphatic carbocycles. The number of aromatic nitrogens is 4. The second-order valence-corrected chi connectivity index (χ2v) is 3.29. The lowest BCUT2D eigenvalue weighted by Crippen LogP contribution is -2.00. The van der Waals surface area contributed by atoms with E-state index in [1.807, 2.05) is 23.9 Å². The summed E-state index contributed by atoms with van der Waals surface area (Å²) in [5, 5.41) is 0.275. The van der Waals surface area contributed by atoms with Crippen LogP contribution >= 0.6 is 11.6 Å². The van der Waals surface area contributed by atoms with Crippen molar-refractivity contribution >= 4 is 11.6 Å². The van der Waals surface area contributed by atoms with Crippen molar-refractivity contribution in [1.29, 1.82) is 0 Å². The second kappa shape index (κ2) is 3.75.